The van der Waals surface area contributed by atoms with E-state index in [1.54, 1.807) is 18.6 Å². The number of hydrogen-bond donors (Lipinski definition) is 1. The SMILES string of the molecule is O=C(c1cnccn1)N1CCC(NCCOc2cccc3cccnc23)CC1. The lowest BCUT2D eigenvalue weighted by molar-refractivity contribution is 0.0697. The number of aromatic nitrogens is 3. The topological polar surface area (TPSA) is 80.2 Å². The maximum absolute atomic E-state index is 12.4. The van der Waals surface area contributed by atoms with Gasteiger partial charge in [-0.25, -0.2) is 4.98 Å². The molecule has 1 aromatic carbocycles. The molecule has 1 amide bonds. The van der Waals surface area contributed by atoms with Crippen LogP contribution in [0.15, 0.2) is 55.1 Å². The normalized spacial score (nSPS) is 14.9. The fourth-order valence-electron chi connectivity index (χ4n) is 3.47. The molecule has 0 bridgehead atoms. The number of amides is 1. The maximum Gasteiger partial charge on any atom is 0.274 e. The van der Waals surface area contributed by atoms with E-state index in [-0.39, 0.29) is 5.91 Å². The summed E-state index contributed by atoms with van der Waals surface area (Å²) in [7, 11) is 0. The number of nitrogens with one attached hydrogen (secondary N) is 1. The van der Waals surface area contributed by atoms with Crippen molar-refractivity contribution in [1.82, 2.24) is 25.2 Å². The fraction of sp³-hybridized carbons (Fsp3) is 0.333. The van der Waals surface area contributed by atoms with Gasteiger partial charge in [-0.15, -0.1) is 0 Å². The monoisotopic (exact) mass is 377 g/mol. The van der Waals surface area contributed by atoms with Crippen molar-refractivity contribution >= 4 is 16.8 Å². The van der Waals surface area contributed by atoms with E-state index in [0.29, 0.717) is 18.3 Å². The van der Waals surface area contributed by atoms with E-state index in [0.717, 1.165) is 49.1 Å². The summed E-state index contributed by atoms with van der Waals surface area (Å²) in [5.41, 5.74) is 1.30. The number of piperidine rings is 1. The Kier molecular flexibility index (Phi) is 5.72. The molecule has 2 aromatic heterocycles. The average Bonchev–Trinajstić information content (AvgIpc) is 2.77. The van der Waals surface area contributed by atoms with Crippen molar-refractivity contribution in [3.63, 3.8) is 0 Å². The Morgan fingerprint density at radius 1 is 1.11 bits per heavy atom. The van der Waals surface area contributed by atoms with E-state index >= 15 is 0 Å². The summed E-state index contributed by atoms with van der Waals surface area (Å²) in [6.45, 7) is 2.78. The van der Waals surface area contributed by atoms with Gasteiger partial charge >= 0.3 is 0 Å². The second-order valence-electron chi connectivity index (χ2n) is 6.79. The van der Waals surface area contributed by atoms with Crippen LogP contribution in [0, 0.1) is 0 Å². The molecule has 1 fully saturated rings. The molecule has 28 heavy (non-hydrogen) atoms. The van der Waals surface area contributed by atoms with Crippen molar-refractivity contribution in [3.8, 4) is 5.75 Å². The molecule has 0 spiro atoms. The van der Waals surface area contributed by atoms with Crippen LogP contribution in [0.2, 0.25) is 0 Å². The Morgan fingerprint density at radius 2 is 1.96 bits per heavy atom. The second kappa shape index (κ2) is 8.75. The van der Waals surface area contributed by atoms with Crippen molar-refractivity contribution in [2.75, 3.05) is 26.2 Å². The van der Waals surface area contributed by atoms with Gasteiger partial charge in [0.2, 0.25) is 0 Å². The zero-order valence-electron chi connectivity index (χ0n) is 15.6. The molecule has 1 saturated heterocycles. The molecule has 144 valence electrons. The lowest BCUT2D eigenvalue weighted by Gasteiger charge is -2.32. The van der Waals surface area contributed by atoms with Gasteiger partial charge in [-0.3, -0.25) is 14.8 Å². The average molecular weight is 377 g/mol. The summed E-state index contributed by atoms with van der Waals surface area (Å²) >= 11 is 0. The van der Waals surface area contributed by atoms with Crippen LogP contribution in [0.4, 0.5) is 0 Å². The summed E-state index contributed by atoms with van der Waals surface area (Å²) in [6, 6.07) is 10.3. The van der Waals surface area contributed by atoms with Crippen molar-refractivity contribution < 1.29 is 9.53 Å². The van der Waals surface area contributed by atoms with Crippen molar-refractivity contribution in [1.29, 1.82) is 0 Å². The Morgan fingerprint density at radius 3 is 2.79 bits per heavy atom. The minimum absolute atomic E-state index is 0.0432. The van der Waals surface area contributed by atoms with Crippen LogP contribution in [0.5, 0.6) is 5.75 Å². The first-order valence-electron chi connectivity index (χ1n) is 9.56. The minimum Gasteiger partial charge on any atom is -0.490 e. The van der Waals surface area contributed by atoms with E-state index in [2.05, 4.69) is 20.3 Å². The van der Waals surface area contributed by atoms with E-state index in [9.17, 15) is 4.79 Å². The molecule has 0 saturated carbocycles. The summed E-state index contributed by atoms with van der Waals surface area (Å²) in [5, 5.41) is 4.60. The van der Waals surface area contributed by atoms with Crippen LogP contribution in [-0.4, -0.2) is 58.0 Å². The number of hydrogen-bond acceptors (Lipinski definition) is 6. The Bertz CT molecular complexity index is 921. The number of benzene rings is 1. The number of rotatable bonds is 6. The molecule has 1 N–H and O–H groups in total. The van der Waals surface area contributed by atoms with Crippen molar-refractivity contribution in [2.45, 2.75) is 18.9 Å². The van der Waals surface area contributed by atoms with E-state index < -0.39 is 0 Å². The maximum atomic E-state index is 12.4. The van der Waals surface area contributed by atoms with Gasteiger partial charge in [-0.1, -0.05) is 18.2 Å². The van der Waals surface area contributed by atoms with Crippen LogP contribution in [0.3, 0.4) is 0 Å². The largest absolute Gasteiger partial charge is 0.490 e. The highest BCUT2D eigenvalue weighted by Crippen LogP contribution is 2.22. The smallest absolute Gasteiger partial charge is 0.274 e. The molecule has 0 radical (unpaired) electrons. The van der Waals surface area contributed by atoms with Crippen LogP contribution < -0.4 is 10.1 Å². The molecule has 7 nitrogen and oxygen atoms in total. The third kappa shape index (κ3) is 4.26. The first-order chi connectivity index (χ1) is 13.8. The lowest BCUT2D eigenvalue weighted by atomic mass is 10.0. The number of nitrogens with zero attached hydrogens (tertiary/aromatic N) is 4. The molecule has 0 unspecified atom stereocenters. The number of carbonyl (C=O) groups excluding carboxylic acids is 1. The quantitative estimate of drug-likeness (QED) is 0.664. The predicted octanol–water partition coefficient (Wildman–Crippen LogP) is 2.30. The molecule has 4 rings (SSSR count). The highest BCUT2D eigenvalue weighted by atomic mass is 16.5. The Balaban J connectivity index is 1.21. The summed E-state index contributed by atoms with van der Waals surface area (Å²) in [6.07, 6.45) is 8.26. The number of pyridine rings is 1. The standard InChI is InChI=1S/C21H23N5O2/c27-21(18-15-22-9-10-24-18)26-12-6-17(7-13-26)23-11-14-28-19-5-1-3-16-4-2-8-25-20(16)19/h1-5,8-10,15,17,23H,6-7,11-14H2. The fourth-order valence-corrected chi connectivity index (χ4v) is 3.47. The van der Waals surface area contributed by atoms with Crippen molar-refractivity contribution in [2.24, 2.45) is 0 Å². The summed E-state index contributed by atoms with van der Waals surface area (Å²) < 4.78 is 5.92. The lowest BCUT2D eigenvalue weighted by Crippen LogP contribution is -2.45. The van der Waals surface area contributed by atoms with Crippen LogP contribution in [0.25, 0.3) is 10.9 Å². The second-order valence-corrected chi connectivity index (χ2v) is 6.79. The molecule has 7 heteroatoms. The van der Waals surface area contributed by atoms with Gasteiger partial charge in [0.1, 0.15) is 23.6 Å². The van der Waals surface area contributed by atoms with Gasteiger partial charge in [0.25, 0.3) is 5.91 Å². The molecule has 1 aliphatic rings. The zero-order valence-corrected chi connectivity index (χ0v) is 15.6. The zero-order chi connectivity index (χ0) is 19.2. The van der Waals surface area contributed by atoms with Gasteiger partial charge in [0, 0.05) is 49.7 Å². The summed E-state index contributed by atoms with van der Waals surface area (Å²) in [4.78, 5) is 26.7. The van der Waals surface area contributed by atoms with Crippen molar-refractivity contribution in [3.05, 3.63) is 60.8 Å². The van der Waals surface area contributed by atoms with Crippen LogP contribution >= 0.6 is 0 Å². The summed E-state index contributed by atoms with van der Waals surface area (Å²) in [5.74, 6) is 0.766. The number of para-hydroxylation sites is 1. The van der Waals surface area contributed by atoms with E-state index in [1.807, 2.05) is 35.2 Å². The highest BCUT2D eigenvalue weighted by molar-refractivity contribution is 5.92. The van der Waals surface area contributed by atoms with Gasteiger partial charge in [-0.05, 0) is 25.0 Å². The molecule has 1 aliphatic heterocycles. The molecule has 3 aromatic rings. The first kappa shape index (κ1) is 18.3. The molecule has 3 heterocycles. The molecular formula is C21H23N5O2. The van der Waals surface area contributed by atoms with Gasteiger partial charge in [0.15, 0.2) is 0 Å². The van der Waals surface area contributed by atoms with Gasteiger partial charge < -0.3 is 15.0 Å². The Hall–Kier alpha value is -3.06. The number of fused-ring (bicyclic) bond motifs is 1. The number of ether oxygens (including phenoxy) is 1. The first-order valence-corrected chi connectivity index (χ1v) is 9.56. The van der Waals surface area contributed by atoms with Gasteiger partial charge in [0.05, 0.1) is 6.20 Å². The van der Waals surface area contributed by atoms with Gasteiger partial charge in [-0.2, -0.15) is 0 Å². The molecular weight excluding hydrogens is 354 g/mol. The third-order valence-electron chi connectivity index (χ3n) is 4.95. The third-order valence-corrected chi connectivity index (χ3v) is 4.95. The molecule has 0 aliphatic carbocycles. The minimum atomic E-state index is -0.0432. The van der Waals surface area contributed by atoms with Crippen LogP contribution in [-0.2, 0) is 0 Å². The van der Waals surface area contributed by atoms with E-state index in [1.165, 1.54) is 6.20 Å². The Labute approximate surface area is 163 Å². The predicted molar refractivity (Wildman–Crippen MR) is 106 cm³/mol. The number of carbonyl (C=O) groups is 1. The number of likely N-dealkylation sites (tertiary alicyclic amines) is 1. The highest BCUT2D eigenvalue weighted by Gasteiger charge is 2.24. The van der Waals surface area contributed by atoms with E-state index in [4.69, 9.17) is 4.74 Å². The molecule has 0 atom stereocenters. The van der Waals surface area contributed by atoms with Crippen LogP contribution in [0.1, 0.15) is 23.3 Å².